The Bertz CT molecular complexity index is 946. The number of carbonyl (C=O) groups excluding carboxylic acids is 1. The van der Waals surface area contributed by atoms with Crippen molar-refractivity contribution in [3.8, 4) is 5.75 Å². The first-order chi connectivity index (χ1) is 11.1. The van der Waals surface area contributed by atoms with Gasteiger partial charge in [0.2, 0.25) is 0 Å². The lowest BCUT2D eigenvalue weighted by Gasteiger charge is -2.13. The summed E-state index contributed by atoms with van der Waals surface area (Å²) in [7, 11) is 0. The molecule has 1 aromatic heterocycles. The molecular formula is C18H15ClN2O2. The molecule has 3 aromatic rings. The number of rotatable bonds is 2. The van der Waals surface area contributed by atoms with Crippen LogP contribution in [-0.2, 0) is 6.54 Å². The van der Waals surface area contributed by atoms with Gasteiger partial charge in [0, 0.05) is 23.0 Å². The molecule has 5 heteroatoms. The Balaban J connectivity index is 1.99. The molecule has 116 valence electrons. The maximum absolute atomic E-state index is 12.5. The summed E-state index contributed by atoms with van der Waals surface area (Å²) < 4.78 is 2.04. The largest absolute Gasteiger partial charge is 0.506 e. The Morgan fingerprint density at radius 3 is 2.78 bits per heavy atom. The van der Waals surface area contributed by atoms with Gasteiger partial charge in [-0.1, -0.05) is 35.9 Å². The quantitative estimate of drug-likeness (QED) is 0.751. The molecule has 0 aliphatic carbocycles. The highest BCUT2D eigenvalue weighted by molar-refractivity contribution is 6.32. The minimum absolute atomic E-state index is 0.0379. The van der Waals surface area contributed by atoms with E-state index in [9.17, 15) is 9.90 Å². The van der Waals surface area contributed by atoms with Gasteiger partial charge in [-0.3, -0.25) is 4.79 Å². The van der Waals surface area contributed by atoms with E-state index in [1.807, 2.05) is 35.8 Å². The standard InChI is InChI=1S/C18H15ClN2O2/c1-2-21-13-6-4-3-5-11(13)15-16(20-18(23)17(15)21)10-7-8-14(22)12(19)9-10/h3-9,16,22H,2H2,1H3,(H,20,23). The van der Waals surface area contributed by atoms with Gasteiger partial charge in [0.05, 0.1) is 11.1 Å². The molecule has 2 aromatic carbocycles. The molecule has 0 saturated heterocycles. The van der Waals surface area contributed by atoms with Crippen LogP contribution in [0, 0.1) is 0 Å². The summed E-state index contributed by atoms with van der Waals surface area (Å²) in [5, 5.41) is 14.0. The molecule has 2 heterocycles. The average Bonchev–Trinajstić information content (AvgIpc) is 3.06. The number of para-hydroxylation sites is 1. The van der Waals surface area contributed by atoms with Crippen LogP contribution in [0.5, 0.6) is 5.75 Å². The number of nitrogens with zero attached hydrogens (tertiary/aromatic N) is 1. The Morgan fingerprint density at radius 2 is 2.04 bits per heavy atom. The first-order valence-corrected chi connectivity index (χ1v) is 7.90. The number of amides is 1. The van der Waals surface area contributed by atoms with Gasteiger partial charge in [-0.2, -0.15) is 0 Å². The molecule has 4 nitrogen and oxygen atoms in total. The van der Waals surface area contributed by atoms with E-state index >= 15 is 0 Å². The van der Waals surface area contributed by atoms with Crippen molar-refractivity contribution in [1.29, 1.82) is 0 Å². The molecule has 1 amide bonds. The van der Waals surface area contributed by atoms with Gasteiger partial charge >= 0.3 is 0 Å². The van der Waals surface area contributed by atoms with Crippen molar-refractivity contribution in [2.75, 3.05) is 0 Å². The number of halogens is 1. The maximum atomic E-state index is 12.5. The summed E-state index contributed by atoms with van der Waals surface area (Å²) in [6.07, 6.45) is 0. The maximum Gasteiger partial charge on any atom is 0.269 e. The second kappa shape index (κ2) is 5.03. The molecule has 0 saturated carbocycles. The first kappa shape index (κ1) is 14.2. The third-order valence-corrected chi connectivity index (χ3v) is 4.71. The monoisotopic (exact) mass is 326 g/mol. The third kappa shape index (κ3) is 1.95. The molecule has 1 aliphatic rings. The molecule has 0 fully saturated rings. The van der Waals surface area contributed by atoms with Gasteiger partial charge in [0.15, 0.2) is 0 Å². The lowest BCUT2D eigenvalue weighted by Crippen LogP contribution is -2.22. The summed E-state index contributed by atoms with van der Waals surface area (Å²) in [5.74, 6) is -0.0387. The van der Waals surface area contributed by atoms with E-state index in [4.69, 9.17) is 11.6 Å². The van der Waals surface area contributed by atoms with E-state index in [2.05, 4.69) is 5.32 Å². The number of hydrogen-bond acceptors (Lipinski definition) is 2. The predicted molar refractivity (Wildman–Crippen MR) is 90.0 cm³/mol. The number of carbonyl (C=O) groups is 1. The normalized spacial score (nSPS) is 16.6. The number of benzene rings is 2. The van der Waals surface area contributed by atoms with Crippen LogP contribution in [0.15, 0.2) is 42.5 Å². The fourth-order valence-electron chi connectivity index (χ4n) is 3.42. The second-order valence-electron chi connectivity index (χ2n) is 5.64. The van der Waals surface area contributed by atoms with E-state index in [0.717, 1.165) is 28.6 Å². The van der Waals surface area contributed by atoms with Crippen LogP contribution in [-0.4, -0.2) is 15.6 Å². The van der Waals surface area contributed by atoms with Gasteiger partial charge in [-0.25, -0.2) is 0 Å². The van der Waals surface area contributed by atoms with Crippen LogP contribution in [0.2, 0.25) is 5.02 Å². The fourth-order valence-corrected chi connectivity index (χ4v) is 3.61. The number of hydrogen-bond donors (Lipinski definition) is 2. The average molecular weight is 327 g/mol. The molecule has 1 atom stereocenters. The molecule has 0 radical (unpaired) electrons. The highest BCUT2D eigenvalue weighted by Crippen LogP contribution is 2.40. The van der Waals surface area contributed by atoms with Gasteiger partial charge in [0.25, 0.3) is 5.91 Å². The molecular weight excluding hydrogens is 312 g/mol. The van der Waals surface area contributed by atoms with Gasteiger partial charge < -0.3 is 15.0 Å². The van der Waals surface area contributed by atoms with Gasteiger partial charge in [0.1, 0.15) is 11.4 Å². The Morgan fingerprint density at radius 1 is 1.26 bits per heavy atom. The minimum Gasteiger partial charge on any atom is -0.506 e. The third-order valence-electron chi connectivity index (χ3n) is 4.41. The molecule has 23 heavy (non-hydrogen) atoms. The topological polar surface area (TPSA) is 54.3 Å². The number of aromatic nitrogens is 1. The zero-order valence-electron chi connectivity index (χ0n) is 12.5. The van der Waals surface area contributed by atoms with Crippen LogP contribution in [0.25, 0.3) is 10.9 Å². The number of phenolic OH excluding ortho intramolecular Hbond substituents is 1. The highest BCUT2D eigenvalue weighted by Gasteiger charge is 2.35. The van der Waals surface area contributed by atoms with Crippen LogP contribution in [0.1, 0.15) is 34.6 Å². The first-order valence-electron chi connectivity index (χ1n) is 7.52. The summed E-state index contributed by atoms with van der Waals surface area (Å²) in [4.78, 5) is 12.5. The van der Waals surface area contributed by atoms with Crippen LogP contribution < -0.4 is 5.32 Å². The lowest BCUT2D eigenvalue weighted by molar-refractivity contribution is 0.0952. The van der Waals surface area contributed by atoms with Crippen molar-refractivity contribution in [3.63, 3.8) is 0 Å². The summed E-state index contributed by atoms with van der Waals surface area (Å²) >= 11 is 6.04. The highest BCUT2D eigenvalue weighted by atomic mass is 35.5. The summed E-state index contributed by atoms with van der Waals surface area (Å²) in [5.41, 5.74) is 3.61. The number of phenols is 1. The molecule has 2 N–H and O–H groups in total. The van der Waals surface area contributed by atoms with Crippen LogP contribution in [0.3, 0.4) is 0 Å². The van der Waals surface area contributed by atoms with E-state index in [1.54, 1.807) is 18.2 Å². The second-order valence-corrected chi connectivity index (χ2v) is 6.05. The van der Waals surface area contributed by atoms with E-state index in [0.29, 0.717) is 5.69 Å². The zero-order chi connectivity index (χ0) is 16.1. The van der Waals surface area contributed by atoms with Gasteiger partial charge in [-0.05, 0) is 30.7 Å². The Hall–Kier alpha value is -2.46. The number of nitrogens with one attached hydrogen (secondary N) is 1. The van der Waals surface area contributed by atoms with Crippen molar-refractivity contribution < 1.29 is 9.90 Å². The smallest absolute Gasteiger partial charge is 0.269 e. The number of aromatic hydroxyl groups is 1. The van der Waals surface area contributed by atoms with Crippen molar-refractivity contribution in [2.24, 2.45) is 0 Å². The van der Waals surface area contributed by atoms with Crippen molar-refractivity contribution >= 4 is 28.4 Å². The fraction of sp³-hybridized carbons (Fsp3) is 0.167. The Labute approximate surface area is 138 Å². The number of fused-ring (bicyclic) bond motifs is 3. The molecule has 0 spiro atoms. The summed E-state index contributed by atoms with van der Waals surface area (Å²) in [6.45, 7) is 2.76. The minimum atomic E-state index is -0.256. The molecule has 1 unspecified atom stereocenters. The molecule has 1 aliphatic heterocycles. The lowest BCUT2D eigenvalue weighted by atomic mass is 9.99. The van der Waals surface area contributed by atoms with E-state index in [-0.39, 0.29) is 22.7 Å². The summed E-state index contributed by atoms with van der Waals surface area (Å²) in [6, 6.07) is 12.8. The van der Waals surface area contributed by atoms with Crippen molar-refractivity contribution in [2.45, 2.75) is 19.5 Å². The van der Waals surface area contributed by atoms with E-state index in [1.165, 1.54) is 0 Å². The Kier molecular flexibility index (Phi) is 3.10. The predicted octanol–water partition coefficient (Wildman–Crippen LogP) is 3.85. The molecule has 0 bridgehead atoms. The van der Waals surface area contributed by atoms with Crippen molar-refractivity contribution in [1.82, 2.24) is 9.88 Å². The number of aryl methyl sites for hydroxylation is 1. The van der Waals surface area contributed by atoms with Crippen LogP contribution >= 0.6 is 11.6 Å². The van der Waals surface area contributed by atoms with Crippen molar-refractivity contribution in [3.05, 3.63) is 64.3 Å². The van der Waals surface area contributed by atoms with E-state index < -0.39 is 0 Å². The molecule has 4 rings (SSSR count). The zero-order valence-corrected chi connectivity index (χ0v) is 13.3. The van der Waals surface area contributed by atoms with Gasteiger partial charge in [-0.15, -0.1) is 0 Å². The van der Waals surface area contributed by atoms with Crippen LogP contribution in [0.4, 0.5) is 0 Å². The SMILES string of the molecule is CCn1c2c(c3ccccc31)C(c1ccc(O)c(Cl)c1)NC2=O.